The molecular formula is C12H21N3OS. The zero-order valence-corrected chi connectivity index (χ0v) is 11.4. The van der Waals surface area contributed by atoms with Crippen molar-refractivity contribution >= 4 is 16.5 Å². The number of nitrogens with zero attached hydrogens (tertiary/aromatic N) is 2. The van der Waals surface area contributed by atoms with Gasteiger partial charge in [0, 0.05) is 37.7 Å². The maximum atomic E-state index is 5.45. The van der Waals surface area contributed by atoms with Crippen molar-refractivity contribution in [2.24, 2.45) is 0 Å². The van der Waals surface area contributed by atoms with E-state index in [0.717, 1.165) is 50.1 Å². The molecule has 0 saturated carbocycles. The number of aromatic nitrogens is 1. The van der Waals surface area contributed by atoms with Crippen LogP contribution in [0.4, 0.5) is 5.13 Å². The largest absolute Gasteiger partial charge is 0.380 e. The average molecular weight is 255 g/mol. The van der Waals surface area contributed by atoms with Crippen molar-refractivity contribution in [3.8, 4) is 0 Å². The fourth-order valence-corrected chi connectivity index (χ4v) is 2.65. The SMILES string of the molecule is CC(C)NCc1csc(N2CCCOCC2)n1. The van der Waals surface area contributed by atoms with Gasteiger partial charge in [0.05, 0.1) is 12.3 Å². The van der Waals surface area contributed by atoms with Crippen molar-refractivity contribution in [1.82, 2.24) is 10.3 Å². The van der Waals surface area contributed by atoms with E-state index in [-0.39, 0.29) is 0 Å². The van der Waals surface area contributed by atoms with E-state index in [1.54, 1.807) is 11.3 Å². The van der Waals surface area contributed by atoms with Crippen molar-refractivity contribution in [3.63, 3.8) is 0 Å². The predicted molar refractivity (Wildman–Crippen MR) is 71.7 cm³/mol. The standard InChI is InChI=1S/C12H21N3OS/c1-10(2)13-8-11-9-17-12(14-11)15-4-3-6-16-7-5-15/h9-10,13H,3-8H2,1-2H3. The first-order valence-electron chi connectivity index (χ1n) is 6.26. The molecule has 2 heterocycles. The zero-order chi connectivity index (χ0) is 12.1. The van der Waals surface area contributed by atoms with E-state index < -0.39 is 0 Å². The van der Waals surface area contributed by atoms with Crippen LogP contribution in [-0.4, -0.2) is 37.3 Å². The Morgan fingerprint density at radius 1 is 1.47 bits per heavy atom. The van der Waals surface area contributed by atoms with E-state index in [9.17, 15) is 0 Å². The van der Waals surface area contributed by atoms with E-state index in [1.807, 2.05) is 0 Å². The van der Waals surface area contributed by atoms with Gasteiger partial charge in [-0.1, -0.05) is 13.8 Å². The molecule has 0 aromatic carbocycles. The summed E-state index contributed by atoms with van der Waals surface area (Å²) in [7, 11) is 0. The molecule has 1 aliphatic heterocycles. The monoisotopic (exact) mass is 255 g/mol. The number of ether oxygens (including phenoxy) is 1. The molecule has 1 aromatic heterocycles. The minimum Gasteiger partial charge on any atom is -0.380 e. The summed E-state index contributed by atoms with van der Waals surface area (Å²) in [4.78, 5) is 7.00. The van der Waals surface area contributed by atoms with Crippen molar-refractivity contribution in [2.75, 3.05) is 31.2 Å². The molecule has 0 spiro atoms. The number of hydrogen-bond donors (Lipinski definition) is 1. The fraction of sp³-hybridized carbons (Fsp3) is 0.750. The number of hydrogen-bond acceptors (Lipinski definition) is 5. The average Bonchev–Trinajstić information content (AvgIpc) is 2.60. The smallest absolute Gasteiger partial charge is 0.185 e. The third-order valence-electron chi connectivity index (χ3n) is 2.72. The molecule has 0 amide bonds. The Morgan fingerprint density at radius 2 is 2.35 bits per heavy atom. The second-order valence-corrected chi connectivity index (χ2v) is 5.45. The highest BCUT2D eigenvalue weighted by Crippen LogP contribution is 2.21. The van der Waals surface area contributed by atoms with Gasteiger partial charge in [0.1, 0.15) is 0 Å². The van der Waals surface area contributed by atoms with Crippen LogP contribution in [0.1, 0.15) is 26.0 Å². The summed E-state index contributed by atoms with van der Waals surface area (Å²) in [6.07, 6.45) is 1.10. The lowest BCUT2D eigenvalue weighted by Gasteiger charge is -2.17. The molecule has 0 bridgehead atoms. The van der Waals surface area contributed by atoms with Crippen LogP contribution >= 0.6 is 11.3 Å². The van der Waals surface area contributed by atoms with Crippen LogP contribution in [0.15, 0.2) is 5.38 Å². The molecule has 1 saturated heterocycles. The highest BCUT2D eigenvalue weighted by Gasteiger charge is 2.13. The molecule has 1 aromatic rings. The summed E-state index contributed by atoms with van der Waals surface area (Å²) in [5.41, 5.74) is 1.14. The third kappa shape index (κ3) is 3.94. The molecule has 1 fully saturated rings. The Balaban J connectivity index is 1.92. The van der Waals surface area contributed by atoms with Crippen LogP contribution in [0.5, 0.6) is 0 Å². The number of nitrogens with one attached hydrogen (secondary N) is 1. The lowest BCUT2D eigenvalue weighted by molar-refractivity contribution is 0.152. The van der Waals surface area contributed by atoms with Crippen molar-refractivity contribution < 1.29 is 4.74 Å². The first-order valence-corrected chi connectivity index (χ1v) is 7.14. The van der Waals surface area contributed by atoms with Crippen LogP contribution in [0.25, 0.3) is 0 Å². The second kappa shape index (κ2) is 6.33. The van der Waals surface area contributed by atoms with Gasteiger partial charge < -0.3 is 15.0 Å². The van der Waals surface area contributed by atoms with Gasteiger partial charge in [-0.05, 0) is 6.42 Å². The van der Waals surface area contributed by atoms with Gasteiger partial charge in [-0.15, -0.1) is 11.3 Å². The topological polar surface area (TPSA) is 37.4 Å². The summed E-state index contributed by atoms with van der Waals surface area (Å²) in [5.74, 6) is 0. The number of rotatable bonds is 4. The second-order valence-electron chi connectivity index (χ2n) is 4.61. The third-order valence-corrected chi connectivity index (χ3v) is 3.67. The highest BCUT2D eigenvalue weighted by molar-refractivity contribution is 7.13. The molecular weight excluding hydrogens is 234 g/mol. The van der Waals surface area contributed by atoms with Gasteiger partial charge in [0.2, 0.25) is 0 Å². The molecule has 2 rings (SSSR count). The van der Waals surface area contributed by atoms with Gasteiger partial charge in [-0.3, -0.25) is 0 Å². The lowest BCUT2D eigenvalue weighted by atomic mass is 10.4. The summed E-state index contributed by atoms with van der Waals surface area (Å²) in [6.45, 7) is 8.88. The van der Waals surface area contributed by atoms with Crippen LogP contribution in [0.2, 0.25) is 0 Å². The van der Waals surface area contributed by atoms with Gasteiger partial charge >= 0.3 is 0 Å². The van der Waals surface area contributed by atoms with Crippen LogP contribution in [-0.2, 0) is 11.3 Å². The van der Waals surface area contributed by atoms with E-state index in [2.05, 4.69) is 34.4 Å². The first kappa shape index (κ1) is 12.8. The normalized spacial score (nSPS) is 17.5. The van der Waals surface area contributed by atoms with E-state index >= 15 is 0 Å². The van der Waals surface area contributed by atoms with Crippen molar-refractivity contribution in [2.45, 2.75) is 32.9 Å². The maximum Gasteiger partial charge on any atom is 0.185 e. The first-order chi connectivity index (χ1) is 8.25. The minimum atomic E-state index is 0.506. The van der Waals surface area contributed by atoms with Gasteiger partial charge in [0.15, 0.2) is 5.13 Å². The molecule has 0 aliphatic carbocycles. The zero-order valence-electron chi connectivity index (χ0n) is 10.6. The van der Waals surface area contributed by atoms with Crippen LogP contribution < -0.4 is 10.2 Å². The molecule has 96 valence electrons. The molecule has 0 unspecified atom stereocenters. The van der Waals surface area contributed by atoms with Crippen LogP contribution in [0, 0.1) is 0 Å². The Morgan fingerprint density at radius 3 is 3.18 bits per heavy atom. The maximum absolute atomic E-state index is 5.45. The summed E-state index contributed by atoms with van der Waals surface area (Å²) in [6, 6.07) is 0.506. The highest BCUT2D eigenvalue weighted by atomic mass is 32.1. The van der Waals surface area contributed by atoms with Crippen LogP contribution in [0.3, 0.4) is 0 Å². The van der Waals surface area contributed by atoms with Gasteiger partial charge in [-0.25, -0.2) is 4.98 Å². The molecule has 4 nitrogen and oxygen atoms in total. The molecule has 1 N–H and O–H groups in total. The summed E-state index contributed by atoms with van der Waals surface area (Å²) < 4.78 is 5.45. The Hall–Kier alpha value is -0.650. The molecule has 1 aliphatic rings. The predicted octanol–water partition coefficient (Wildman–Crippen LogP) is 1.87. The van der Waals surface area contributed by atoms with Crippen molar-refractivity contribution in [1.29, 1.82) is 0 Å². The Bertz CT molecular complexity index is 332. The number of anilines is 1. The molecule has 5 heteroatoms. The number of thiazole rings is 1. The fourth-order valence-electron chi connectivity index (χ4n) is 1.77. The van der Waals surface area contributed by atoms with E-state index in [0.29, 0.717) is 6.04 Å². The molecule has 0 radical (unpaired) electrons. The lowest BCUT2D eigenvalue weighted by Crippen LogP contribution is -2.26. The summed E-state index contributed by atoms with van der Waals surface area (Å²) >= 11 is 1.74. The minimum absolute atomic E-state index is 0.506. The quantitative estimate of drug-likeness (QED) is 0.891. The molecule has 17 heavy (non-hydrogen) atoms. The van der Waals surface area contributed by atoms with Gasteiger partial charge in [-0.2, -0.15) is 0 Å². The Kier molecular flexibility index (Phi) is 4.76. The van der Waals surface area contributed by atoms with E-state index in [4.69, 9.17) is 4.74 Å². The van der Waals surface area contributed by atoms with Gasteiger partial charge in [0.25, 0.3) is 0 Å². The summed E-state index contributed by atoms with van der Waals surface area (Å²) in [5, 5.41) is 6.68. The Labute approximate surface area is 107 Å². The van der Waals surface area contributed by atoms with E-state index in [1.165, 1.54) is 0 Å². The molecule has 0 atom stereocenters. The van der Waals surface area contributed by atoms with Crippen molar-refractivity contribution in [3.05, 3.63) is 11.1 Å².